The summed E-state index contributed by atoms with van der Waals surface area (Å²) in [6.07, 6.45) is 4.01. The van der Waals surface area contributed by atoms with Gasteiger partial charge in [0.1, 0.15) is 16.7 Å². The second-order valence-corrected chi connectivity index (χ2v) is 7.76. The molecule has 1 aliphatic carbocycles. The molecule has 4 nitrogen and oxygen atoms in total. The SMILES string of the molecule is Cc1nc2c(NCC3(c4ccccc4Br)CC3)ncnc2s1. The first-order valence-corrected chi connectivity index (χ1v) is 8.86. The first-order chi connectivity index (χ1) is 10.7. The molecule has 1 N–H and O–H groups in total. The molecule has 4 rings (SSSR count). The molecule has 6 heteroatoms. The Hall–Kier alpha value is -1.53. The summed E-state index contributed by atoms with van der Waals surface area (Å²) < 4.78 is 1.19. The van der Waals surface area contributed by atoms with Crippen LogP contribution in [0.2, 0.25) is 0 Å². The third kappa shape index (κ3) is 2.40. The molecule has 1 fully saturated rings. The third-order valence-corrected chi connectivity index (χ3v) is 5.77. The van der Waals surface area contributed by atoms with Gasteiger partial charge in [-0.15, -0.1) is 0 Å². The third-order valence-electron chi connectivity index (χ3n) is 4.20. The fraction of sp³-hybridized carbons (Fsp3) is 0.312. The van der Waals surface area contributed by atoms with Crippen LogP contribution in [0.25, 0.3) is 10.3 Å². The van der Waals surface area contributed by atoms with Crippen LogP contribution in [0, 0.1) is 6.92 Å². The van der Waals surface area contributed by atoms with Gasteiger partial charge in [0.2, 0.25) is 0 Å². The van der Waals surface area contributed by atoms with E-state index >= 15 is 0 Å². The maximum atomic E-state index is 4.55. The number of aryl methyl sites for hydroxylation is 1. The minimum Gasteiger partial charge on any atom is -0.367 e. The maximum absolute atomic E-state index is 4.55. The molecular weight excluding hydrogens is 360 g/mol. The Morgan fingerprint density at radius 1 is 1.27 bits per heavy atom. The fourth-order valence-electron chi connectivity index (χ4n) is 2.82. The highest BCUT2D eigenvalue weighted by molar-refractivity contribution is 9.10. The number of halogens is 1. The van der Waals surface area contributed by atoms with E-state index in [2.05, 4.69) is 60.5 Å². The largest absolute Gasteiger partial charge is 0.367 e. The highest BCUT2D eigenvalue weighted by atomic mass is 79.9. The van der Waals surface area contributed by atoms with Crippen molar-refractivity contribution in [3.05, 3.63) is 45.6 Å². The van der Waals surface area contributed by atoms with Gasteiger partial charge in [-0.3, -0.25) is 0 Å². The Bertz CT molecular complexity index is 841. The predicted molar refractivity (Wildman–Crippen MR) is 93.5 cm³/mol. The molecule has 1 saturated carbocycles. The van der Waals surface area contributed by atoms with E-state index in [4.69, 9.17) is 0 Å². The lowest BCUT2D eigenvalue weighted by molar-refractivity contribution is 0.726. The summed E-state index contributed by atoms with van der Waals surface area (Å²) in [7, 11) is 0. The van der Waals surface area contributed by atoms with Gasteiger partial charge < -0.3 is 5.32 Å². The number of thiazole rings is 1. The van der Waals surface area contributed by atoms with Gasteiger partial charge in [0.05, 0.1) is 5.01 Å². The van der Waals surface area contributed by atoms with E-state index in [1.807, 2.05) is 6.92 Å². The van der Waals surface area contributed by atoms with Crippen LogP contribution in [0.3, 0.4) is 0 Å². The molecule has 0 atom stereocenters. The molecule has 1 aromatic carbocycles. The Kier molecular flexibility index (Phi) is 3.38. The Balaban J connectivity index is 1.61. The number of rotatable bonds is 4. The molecule has 1 aliphatic rings. The number of anilines is 1. The zero-order valence-corrected chi connectivity index (χ0v) is 14.5. The minimum absolute atomic E-state index is 0.211. The summed E-state index contributed by atoms with van der Waals surface area (Å²) in [6, 6.07) is 8.49. The van der Waals surface area contributed by atoms with Gasteiger partial charge in [-0.25, -0.2) is 15.0 Å². The molecule has 0 radical (unpaired) electrons. The van der Waals surface area contributed by atoms with Crippen molar-refractivity contribution < 1.29 is 0 Å². The van der Waals surface area contributed by atoms with Crippen molar-refractivity contribution in [3.63, 3.8) is 0 Å². The number of hydrogen-bond donors (Lipinski definition) is 1. The van der Waals surface area contributed by atoms with Crippen molar-refractivity contribution in [1.82, 2.24) is 15.0 Å². The number of aromatic nitrogens is 3. The van der Waals surface area contributed by atoms with Gasteiger partial charge in [-0.2, -0.15) is 0 Å². The van der Waals surface area contributed by atoms with E-state index < -0.39 is 0 Å². The number of nitrogens with one attached hydrogen (secondary N) is 1. The molecule has 2 aromatic heterocycles. The summed E-state index contributed by atoms with van der Waals surface area (Å²) in [6.45, 7) is 2.87. The zero-order chi connectivity index (χ0) is 15.2. The van der Waals surface area contributed by atoms with Crippen LogP contribution < -0.4 is 5.32 Å². The molecule has 3 aromatic rings. The normalized spacial score (nSPS) is 15.9. The number of nitrogens with zero attached hydrogens (tertiary/aromatic N) is 3. The zero-order valence-electron chi connectivity index (χ0n) is 12.1. The van der Waals surface area contributed by atoms with Crippen LogP contribution in [-0.2, 0) is 5.41 Å². The van der Waals surface area contributed by atoms with Crippen molar-refractivity contribution in [1.29, 1.82) is 0 Å². The summed E-state index contributed by atoms with van der Waals surface area (Å²) >= 11 is 5.28. The predicted octanol–water partition coefficient (Wildman–Crippen LogP) is 4.30. The summed E-state index contributed by atoms with van der Waals surface area (Å²) in [4.78, 5) is 14.2. The number of benzene rings is 1. The van der Waals surface area contributed by atoms with Crippen molar-refractivity contribution in [2.24, 2.45) is 0 Å². The molecule has 0 bridgehead atoms. The van der Waals surface area contributed by atoms with Crippen LogP contribution in [0.1, 0.15) is 23.4 Å². The smallest absolute Gasteiger partial charge is 0.156 e. The quantitative estimate of drug-likeness (QED) is 0.739. The molecule has 22 heavy (non-hydrogen) atoms. The standard InChI is InChI=1S/C16H15BrN4S/c1-10-21-13-14(19-9-20-15(13)22-10)18-8-16(6-7-16)11-4-2-3-5-12(11)17/h2-5,9H,6-8H2,1H3,(H,18,19,20). The highest BCUT2D eigenvalue weighted by Crippen LogP contribution is 2.50. The van der Waals surface area contributed by atoms with Crippen molar-refractivity contribution in [3.8, 4) is 0 Å². The van der Waals surface area contributed by atoms with E-state index in [0.29, 0.717) is 0 Å². The van der Waals surface area contributed by atoms with Crippen LogP contribution in [0.5, 0.6) is 0 Å². The van der Waals surface area contributed by atoms with Gasteiger partial charge in [-0.1, -0.05) is 45.5 Å². The molecule has 2 heterocycles. The Labute approximate surface area is 141 Å². The molecule has 112 valence electrons. The van der Waals surface area contributed by atoms with E-state index in [9.17, 15) is 0 Å². The van der Waals surface area contributed by atoms with Gasteiger partial charge in [-0.05, 0) is 31.4 Å². The molecule has 0 aliphatic heterocycles. The lowest BCUT2D eigenvalue weighted by Gasteiger charge is -2.18. The summed E-state index contributed by atoms with van der Waals surface area (Å²) in [5.41, 5.74) is 2.47. The second-order valence-electron chi connectivity index (χ2n) is 5.72. The molecule has 0 unspecified atom stereocenters. The Morgan fingerprint density at radius 2 is 2.09 bits per heavy atom. The Morgan fingerprint density at radius 3 is 2.86 bits per heavy atom. The monoisotopic (exact) mass is 374 g/mol. The summed E-state index contributed by atoms with van der Waals surface area (Å²) in [5.74, 6) is 0.840. The maximum Gasteiger partial charge on any atom is 0.156 e. The lowest BCUT2D eigenvalue weighted by Crippen LogP contribution is -2.20. The molecule has 0 spiro atoms. The highest BCUT2D eigenvalue weighted by Gasteiger charge is 2.45. The van der Waals surface area contributed by atoms with Crippen LogP contribution in [-0.4, -0.2) is 21.5 Å². The number of hydrogen-bond acceptors (Lipinski definition) is 5. The number of fused-ring (bicyclic) bond motifs is 1. The van der Waals surface area contributed by atoms with Crippen LogP contribution in [0.4, 0.5) is 5.82 Å². The fourth-order valence-corrected chi connectivity index (χ4v) is 4.28. The second kappa shape index (κ2) is 5.28. The van der Waals surface area contributed by atoms with Crippen molar-refractivity contribution in [2.45, 2.75) is 25.2 Å². The topological polar surface area (TPSA) is 50.7 Å². The molecule has 0 saturated heterocycles. The van der Waals surface area contributed by atoms with Crippen molar-refractivity contribution >= 4 is 43.4 Å². The van der Waals surface area contributed by atoms with Crippen LogP contribution in [0.15, 0.2) is 35.1 Å². The van der Waals surface area contributed by atoms with Gasteiger partial charge in [0, 0.05) is 16.4 Å². The lowest BCUT2D eigenvalue weighted by atomic mass is 9.96. The van der Waals surface area contributed by atoms with Gasteiger partial charge in [0.25, 0.3) is 0 Å². The molecule has 0 amide bonds. The first-order valence-electron chi connectivity index (χ1n) is 7.25. The van der Waals surface area contributed by atoms with Gasteiger partial charge in [0.15, 0.2) is 5.82 Å². The summed E-state index contributed by atoms with van der Waals surface area (Å²) in [5, 5.41) is 4.52. The van der Waals surface area contributed by atoms with Crippen molar-refractivity contribution in [2.75, 3.05) is 11.9 Å². The van der Waals surface area contributed by atoms with E-state index in [1.54, 1.807) is 17.7 Å². The minimum atomic E-state index is 0.211. The van der Waals surface area contributed by atoms with E-state index in [-0.39, 0.29) is 5.41 Å². The average Bonchev–Trinajstić information content (AvgIpc) is 3.19. The van der Waals surface area contributed by atoms with E-state index in [0.717, 1.165) is 27.7 Å². The van der Waals surface area contributed by atoms with Crippen LogP contribution >= 0.6 is 27.3 Å². The van der Waals surface area contributed by atoms with Gasteiger partial charge >= 0.3 is 0 Å². The first kappa shape index (κ1) is 14.1. The molecular formula is C16H15BrN4S. The van der Waals surface area contributed by atoms with E-state index in [1.165, 1.54) is 22.9 Å². The average molecular weight is 375 g/mol.